The molecule has 0 atom stereocenters. The summed E-state index contributed by atoms with van der Waals surface area (Å²) in [7, 11) is 0. The van der Waals surface area contributed by atoms with E-state index in [0.29, 0.717) is 5.56 Å². The van der Waals surface area contributed by atoms with Gasteiger partial charge in [-0.3, -0.25) is 10.1 Å². The van der Waals surface area contributed by atoms with Crippen LogP contribution in [0.1, 0.15) is 10.5 Å². The largest absolute Gasteiger partial charge is 0.477 e. The van der Waals surface area contributed by atoms with Crippen molar-refractivity contribution in [2.75, 3.05) is 5.32 Å². The van der Waals surface area contributed by atoms with Gasteiger partial charge in [0, 0.05) is 17.1 Å². The van der Waals surface area contributed by atoms with E-state index in [4.69, 9.17) is 5.11 Å². The molecule has 2 aromatic heterocycles. The number of amides is 1. The second-order valence-corrected chi connectivity index (χ2v) is 4.46. The van der Waals surface area contributed by atoms with Crippen molar-refractivity contribution in [2.24, 2.45) is 0 Å². The van der Waals surface area contributed by atoms with Gasteiger partial charge in [0.25, 0.3) is 0 Å². The number of hydrogen-bond acceptors (Lipinski definition) is 4. The van der Waals surface area contributed by atoms with Crippen molar-refractivity contribution in [2.45, 2.75) is 6.18 Å². The van der Waals surface area contributed by atoms with Crippen molar-refractivity contribution >= 4 is 28.3 Å². The van der Waals surface area contributed by atoms with Gasteiger partial charge in [-0.1, -0.05) is 0 Å². The second-order valence-electron chi connectivity index (χ2n) is 3.60. The molecule has 2 aromatic rings. The van der Waals surface area contributed by atoms with Crippen LogP contribution in [0.3, 0.4) is 0 Å². The van der Waals surface area contributed by atoms with E-state index in [0.717, 1.165) is 11.3 Å². The highest BCUT2D eigenvalue weighted by atomic mass is 32.1. The maximum absolute atomic E-state index is 12.1. The lowest BCUT2D eigenvalue weighted by Gasteiger charge is -2.04. The molecule has 2 rings (SSSR count). The van der Waals surface area contributed by atoms with Gasteiger partial charge in [0.05, 0.1) is 5.69 Å². The molecule has 1 amide bonds. The molecule has 10 heteroatoms. The predicted octanol–water partition coefficient (Wildman–Crippen LogP) is 2.34. The number of nitrogens with zero attached hydrogens (tertiary/aromatic N) is 1. The molecule has 0 unspecified atom stereocenters. The number of carboxylic acids is 1. The highest BCUT2D eigenvalue weighted by molar-refractivity contribution is 7.14. The van der Waals surface area contributed by atoms with Gasteiger partial charge in [0.2, 0.25) is 0 Å². The standard InChI is InChI=1S/C10H6F3N3O3S/c11-10(12,13)8(19)16-9-15-6(3-20-9)4-1-5(7(17)18)14-2-4/h1-3,14H,(H,17,18)(H,15,16,19). The van der Waals surface area contributed by atoms with Crippen molar-refractivity contribution in [3.05, 3.63) is 23.3 Å². The van der Waals surface area contributed by atoms with E-state index >= 15 is 0 Å². The molecule has 6 nitrogen and oxygen atoms in total. The molecular weight excluding hydrogens is 299 g/mol. The van der Waals surface area contributed by atoms with Crippen LogP contribution >= 0.6 is 11.3 Å². The molecule has 106 valence electrons. The molecule has 0 saturated carbocycles. The summed E-state index contributed by atoms with van der Waals surface area (Å²) < 4.78 is 36.2. The van der Waals surface area contributed by atoms with Gasteiger partial charge < -0.3 is 10.1 Å². The number of halogens is 3. The van der Waals surface area contributed by atoms with Crippen LogP contribution in [0.4, 0.5) is 18.3 Å². The van der Waals surface area contributed by atoms with E-state index < -0.39 is 18.1 Å². The molecule has 0 bridgehead atoms. The van der Waals surface area contributed by atoms with E-state index in [1.807, 2.05) is 0 Å². The summed E-state index contributed by atoms with van der Waals surface area (Å²) in [5, 5.41) is 11.5. The number of anilines is 1. The third-order valence-electron chi connectivity index (χ3n) is 2.19. The number of carbonyl (C=O) groups is 2. The summed E-state index contributed by atoms with van der Waals surface area (Å²) in [4.78, 5) is 27.7. The lowest BCUT2D eigenvalue weighted by atomic mass is 10.2. The minimum Gasteiger partial charge on any atom is -0.477 e. The van der Waals surface area contributed by atoms with Gasteiger partial charge in [0.1, 0.15) is 5.69 Å². The molecule has 0 aliphatic carbocycles. The third-order valence-corrected chi connectivity index (χ3v) is 2.95. The molecule has 0 aliphatic heterocycles. The summed E-state index contributed by atoms with van der Waals surface area (Å²) in [6.07, 6.45) is -3.63. The highest BCUT2D eigenvalue weighted by Gasteiger charge is 2.39. The zero-order valence-electron chi connectivity index (χ0n) is 9.49. The Hall–Kier alpha value is -2.36. The van der Waals surface area contributed by atoms with Gasteiger partial charge in [0.15, 0.2) is 5.13 Å². The van der Waals surface area contributed by atoms with E-state index in [1.165, 1.54) is 17.6 Å². The van der Waals surface area contributed by atoms with Crippen LogP contribution in [-0.2, 0) is 4.79 Å². The van der Waals surface area contributed by atoms with Gasteiger partial charge in [-0.05, 0) is 6.07 Å². The quantitative estimate of drug-likeness (QED) is 0.811. The second kappa shape index (κ2) is 4.96. The number of aromatic amines is 1. The Kier molecular flexibility index (Phi) is 3.49. The first-order chi connectivity index (χ1) is 9.27. The number of thiazole rings is 1. The maximum atomic E-state index is 12.1. The minimum absolute atomic E-state index is 0.0751. The zero-order chi connectivity index (χ0) is 14.9. The fourth-order valence-corrected chi connectivity index (χ4v) is 2.01. The SMILES string of the molecule is O=C(O)c1cc(-c2csc(NC(=O)C(F)(F)F)n2)c[nH]1. The molecule has 2 heterocycles. The highest BCUT2D eigenvalue weighted by Crippen LogP contribution is 2.27. The van der Waals surface area contributed by atoms with Crippen molar-refractivity contribution < 1.29 is 27.9 Å². The zero-order valence-corrected chi connectivity index (χ0v) is 10.3. The monoisotopic (exact) mass is 305 g/mol. The first-order valence-corrected chi connectivity index (χ1v) is 5.91. The number of aromatic nitrogens is 2. The smallest absolute Gasteiger partial charge is 0.471 e. The van der Waals surface area contributed by atoms with Crippen molar-refractivity contribution in [1.82, 2.24) is 9.97 Å². The van der Waals surface area contributed by atoms with E-state index in [1.54, 1.807) is 5.32 Å². The first kappa shape index (κ1) is 14.1. The Bertz CT molecular complexity index is 662. The molecule has 0 aromatic carbocycles. The Morgan fingerprint density at radius 2 is 2.10 bits per heavy atom. The Morgan fingerprint density at radius 3 is 2.65 bits per heavy atom. The number of alkyl halides is 3. The van der Waals surface area contributed by atoms with Gasteiger partial charge in [-0.25, -0.2) is 9.78 Å². The normalized spacial score (nSPS) is 11.3. The van der Waals surface area contributed by atoms with Crippen LogP contribution in [0.5, 0.6) is 0 Å². The molecule has 3 N–H and O–H groups in total. The number of nitrogens with one attached hydrogen (secondary N) is 2. The fourth-order valence-electron chi connectivity index (χ4n) is 1.30. The molecular formula is C10H6F3N3O3S. The van der Waals surface area contributed by atoms with Crippen LogP contribution in [0, 0.1) is 0 Å². The number of hydrogen-bond donors (Lipinski definition) is 3. The molecule has 0 spiro atoms. The average molecular weight is 305 g/mol. The molecule has 0 radical (unpaired) electrons. The third kappa shape index (κ3) is 2.96. The van der Waals surface area contributed by atoms with Crippen LogP contribution in [0.25, 0.3) is 11.3 Å². The molecule has 0 fully saturated rings. The van der Waals surface area contributed by atoms with Crippen molar-refractivity contribution in [3.63, 3.8) is 0 Å². The van der Waals surface area contributed by atoms with Gasteiger partial charge in [-0.2, -0.15) is 13.2 Å². The Labute approximate surface area is 113 Å². The lowest BCUT2D eigenvalue weighted by Crippen LogP contribution is -2.29. The van der Waals surface area contributed by atoms with E-state index in [9.17, 15) is 22.8 Å². The van der Waals surface area contributed by atoms with E-state index in [2.05, 4.69) is 9.97 Å². The summed E-state index contributed by atoms with van der Waals surface area (Å²) in [5.41, 5.74) is 0.580. The summed E-state index contributed by atoms with van der Waals surface area (Å²) in [6, 6.07) is 1.28. The summed E-state index contributed by atoms with van der Waals surface area (Å²) in [6.45, 7) is 0. The maximum Gasteiger partial charge on any atom is 0.471 e. The predicted molar refractivity (Wildman–Crippen MR) is 63.5 cm³/mol. The van der Waals surface area contributed by atoms with Gasteiger partial charge in [-0.15, -0.1) is 11.3 Å². The number of H-pyrrole nitrogens is 1. The summed E-state index contributed by atoms with van der Waals surface area (Å²) >= 11 is 0.802. The average Bonchev–Trinajstić information content (AvgIpc) is 2.94. The number of aromatic carboxylic acids is 1. The number of carboxylic acid groups (broad SMARTS) is 1. The fraction of sp³-hybridized carbons (Fsp3) is 0.100. The number of carbonyl (C=O) groups excluding carboxylic acids is 1. The summed E-state index contributed by atoms with van der Waals surface area (Å²) in [5.74, 6) is -3.28. The topological polar surface area (TPSA) is 95.1 Å². The van der Waals surface area contributed by atoms with Gasteiger partial charge >= 0.3 is 18.1 Å². The van der Waals surface area contributed by atoms with Crippen molar-refractivity contribution in [3.8, 4) is 11.3 Å². The Balaban J connectivity index is 2.16. The van der Waals surface area contributed by atoms with Crippen LogP contribution in [0.2, 0.25) is 0 Å². The van der Waals surface area contributed by atoms with Crippen LogP contribution in [-0.4, -0.2) is 33.1 Å². The molecule has 0 saturated heterocycles. The van der Waals surface area contributed by atoms with Crippen LogP contribution < -0.4 is 5.32 Å². The first-order valence-electron chi connectivity index (χ1n) is 5.03. The number of rotatable bonds is 3. The van der Waals surface area contributed by atoms with Crippen LogP contribution in [0.15, 0.2) is 17.6 Å². The molecule has 0 aliphatic rings. The molecule has 20 heavy (non-hydrogen) atoms. The van der Waals surface area contributed by atoms with Crippen molar-refractivity contribution in [1.29, 1.82) is 0 Å². The van der Waals surface area contributed by atoms with E-state index in [-0.39, 0.29) is 16.5 Å². The minimum atomic E-state index is -4.99. The lowest BCUT2D eigenvalue weighted by molar-refractivity contribution is -0.167. The Morgan fingerprint density at radius 1 is 1.40 bits per heavy atom.